The number of hydrogen-bond donors (Lipinski definition) is 1. The maximum absolute atomic E-state index is 13.6. The SMILES string of the molecule is CN(C)c1ccc(C(NC(=O)C2SCCN2S(=O)(=O)c2ccc(-c3ccccc3)cc2)c2ccccc2)cn1. The average molecular weight is 559 g/mol. The van der Waals surface area contributed by atoms with Gasteiger partial charge in [0, 0.05) is 32.6 Å². The van der Waals surface area contributed by atoms with Gasteiger partial charge in [-0.3, -0.25) is 4.79 Å². The molecular formula is C30H30N4O3S2. The van der Waals surface area contributed by atoms with E-state index in [4.69, 9.17) is 0 Å². The Labute approximate surface area is 233 Å². The van der Waals surface area contributed by atoms with Crippen molar-refractivity contribution in [1.29, 1.82) is 0 Å². The number of carbonyl (C=O) groups excluding carboxylic acids is 1. The molecule has 0 radical (unpaired) electrons. The van der Waals surface area contributed by atoms with Gasteiger partial charge in [0.2, 0.25) is 15.9 Å². The highest BCUT2D eigenvalue weighted by Crippen LogP contribution is 2.32. The third-order valence-electron chi connectivity index (χ3n) is 6.62. The van der Waals surface area contributed by atoms with Gasteiger partial charge >= 0.3 is 0 Å². The zero-order valence-electron chi connectivity index (χ0n) is 21.8. The van der Waals surface area contributed by atoms with Crippen LogP contribution in [-0.4, -0.2) is 55.4 Å². The average Bonchev–Trinajstić information content (AvgIpc) is 3.48. The Hall–Kier alpha value is -3.66. The van der Waals surface area contributed by atoms with Gasteiger partial charge < -0.3 is 10.2 Å². The number of hydrogen-bond acceptors (Lipinski definition) is 6. The standard InChI is InChI=1S/C30H30N4O3S2/c1-33(2)27-18-15-25(21-31-27)28(24-11-7-4-8-12-24)32-29(35)30-34(19-20-38-30)39(36,37)26-16-13-23(14-17-26)22-9-5-3-6-10-22/h3-18,21,28,30H,19-20H2,1-2H3,(H,32,35). The molecule has 1 aliphatic heterocycles. The molecule has 0 spiro atoms. The minimum atomic E-state index is -3.88. The fourth-order valence-electron chi connectivity index (χ4n) is 4.54. The molecule has 2 atom stereocenters. The number of amides is 1. The Morgan fingerprint density at radius 2 is 1.54 bits per heavy atom. The lowest BCUT2D eigenvalue weighted by atomic mass is 10.00. The van der Waals surface area contributed by atoms with Crippen molar-refractivity contribution in [3.8, 4) is 11.1 Å². The molecule has 5 rings (SSSR count). The fraction of sp³-hybridized carbons (Fsp3) is 0.200. The Morgan fingerprint density at radius 1 is 0.897 bits per heavy atom. The molecule has 1 aromatic heterocycles. The molecule has 2 heterocycles. The molecule has 1 N–H and O–H groups in total. The van der Waals surface area contributed by atoms with Gasteiger partial charge in [0.15, 0.2) is 0 Å². The number of sulfonamides is 1. The van der Waals surface area contributed by atoms with Crippen molar-refractivity contribution in [2.24, 2.45) is 0 Å². The normalized spacial score (nSPS) is 16.5. The molecule has 0 aliphatic carbocycles. The molecule has 1 amide bonds. The summed E-state index contributed by atoms with van der Waals surface area (Å²) in [6.07, 6.45) is 1.75. The molecule has 3 aromatic carbocycles. The molecule has 4 aromatic rings. The van der Waals surface area contributed by atoms with E-state index in [1.807, 2.05) is 91.8 Å². The Morgan fingerprint density at radius 3 is 2.15 bits per heavy atom. The van der Waals surface area contributed by atoms with E-state index in [-0.39, 0.29) is 17.3 Å². The first-order chi connectivity index (χ1) is 18.8. The summed E-state index contributed by atoms with van der Waals surface area (Å²) in [7, 11) is -0.0449. The van der Waals surface area contributed by atoms with Gasteiger partial charge in [-0.2, -0.15) is 4.31 Å². The van der Waals surface area contributed by atoms with Gasteiger partial charge in [-0.1, -0.05) is 78.9 Å². The van der Waals surface area contributed by atoms with Crippen LogP contribution in [0.5, 0.6) is 0 Å². The predicted molar refractivity (Wildman–Crippen MR) is 157 cm³/mol. The quantitative estimate of drug-likeness (QED) is 0.335. The highest BCUT2D eigenvalue weighted by molar-refractivity contribution is 8.02. The third-order valence-corrected chi connectivity index (χ3v) is 9.84. The van der Waals surface area contributed by atoms with Crippen LogP contribution in [0.3, 0.4) is 0 Å². The van der Waals surface area contributed by atoms with E-state index in [1.54, 1.807) is 30.5 Å². The number of rotatable bonds is 8. The van der Waals surface area contributed by atoms with Crippen LogP contribution in [0.2, 0.25) is 0 Å². The molecule has 7 nitrogen and oxygen atoms in total. The van der Waals surface area contributed by atoms with Crippen molar-refractivity contribution in [2.75, 3.05) is 31.3 Å². The lowest BCUT2D eigenvalue weighted by Gasteiger charge is -2.26. The lowest BCUT2D eigenvalue weighted by Crippen LogP contribution is -2.45. The van der Waals surface area contributed by atoms with E-state index in [2.05, 4.69) is 10.3 Å². The first-order valence-corrected chi connectivity index (χ1v) is 15.1. The molecule has 1 saturated heterocycles. The summed E-state index contributed by atoms with van der Waals surface area (Å²) < 4.78 is 28.6. The third kappa shape index (κ3) is 5.85. The Kier molecular flexibility index (Phi) is 8.02. The first kappa shape index (κ1) is 26.9. The van der Waals surface area contributed by atoms with Crippen molar-refractivity contribution in [3.05, 3.63) is 114 Å². The number of nitrogens with zero attached hydrogens (tertiary/aromatic N) is 3. The summed E-state index contributed by atoms with van der Waals surface area (Å²) in [4.78, 5) is 20.2. The fourth-order valence-corrected chi connectivity index (χ4v) is 7.63. The van der Waals surface area contributed by atoms with Crippen molar-refractivity contribution >= 4 is 33.5 Å². The topological polar surface area (TPSA) is 82.6 Å². The summed E-state index contributed by atoms with van der Waals surface area (Å²) in [5.74, 6) is 0.987. The lowest BCUT2D eigenvalue weighted by molar-refractivity contribution is -0.122. The molecule has 1 aliphatic rings. The second-order valence-electron chi connectivity index (χ2n) is 9.43. The van der Waals surface area contributed by atoms with Crippen molar-refractivity contribution < 1.29 is 13.2 Å². The minimum absolute atomic E-state index is 0.172. The highest BCUT2D eigenvalue weighted by Gasteiger charge is 2.41. The molecule has 0 bridgehead atoms. The van der Waals surface area contributed by atoms with Crippen LogP contribution in [0.15, 0.2) is 108 Å². The second kappa shape index (κ2) is 11.6. The van der Waals surface area contributed by atoms with Crippen LogP contribution in [0.1, 0.15) is 17.2 Å². The van der Waals surface area contributed by atoms with Crippen LogP contribution in [0.4, 0.5) is 5.82 Å². The zero-order chi connectivity index (χ0) is 27.4. The summed E-state index contributed by atoms with van der Waals surface area (Å²) in [6, 6.07) is 29.6. The summed E-state index contributed by atoms with van der Waals surface area (Å²) >= 11 is 1.33. The van der Waals surface area contributed by atoms with Gasteiger partial charge in [-0.25, -0.2) is 13.4 Å². The van der Waals surface area contributed by atoms with Crippen molar-refractivity contribution in [3.63, 3.8) is 0 Å². The molecule has 0 saturated carbocycles. The number of benzene rings is 3. The van der Waals surface area contributed by atoms with Crippen LogP contribution in [0, 0.1) is 0 Å². The van der Waals surface area contributed by atoms with Crippen molar-refractivity contribution in [1.82, 2.24) is 14.6 Å². The summed E-state index contributed by atoms with van der Waals surface area (Å²) in [5.41, 5.74) is 3.64. The van der Waals surface area contributed by atoms with E-state index in [9.17, 15) is 13.2 Å². The van der Waals surface area contributed by atoms with Gasteiger partial charge in [-0.05, 0) is 40.5 Å². The van der Waals surface area contributed by atoms with E-state index in [1.165, 1.54) is 16.1 Å². The molecular weight excluding hydrogens is 528 g/mol. The van der Waals surface area contributed by atoms with E-state index in [0.29, 0.717) is 5.75 Å². The summed E-state index contributed by atoms with van der Waals surface area (Å²) in [6.45, 7) is 0.264. The number of thioether (sulfide) groups is 1. The van der Waals surface area contributed by atoms with Gasteiger partial charge in [0.1, 0.15) is 11.2 Å². The smallest absolute Gasteiger partial charge is 0.249 e. The van der Waals surface area contributed by atoms with Crippen LogP contribution in [0.25, 0.3) is 11.1 Å². The van der Waals surface area contributed by atoms with Crippen molar-refractivity contribution in [2.45, 2.75) is 16.3 Å². The molecule has 200 valence electrons. The largest absolute Gasteiger partial charge is 0.363 e. The second-order valence-corrected chi connectivity index (χ2v) is 12.5. The van der Waals surface area contributed by atoms with E-state index in [0.717, 1.165) is 28.1 Å². The van der Waals surface area contributed by atoms with Gasteiger partial charge in [0.25, 0.3) is 0 Å². The van der Waals surface area contributed by atoms with Crippen LogP contribution >= 0.6 is 11.8 Å². The monoisotopic (exact) mass is 558 g/mol. The van der Waals surface area contributed by atoms with Gasteiger partial charge in [-0.15, -0.1) is 11.8 Å². The molecule has 2 unspecified atom stereocenters. The number of pyridine rings is 1. The number of carbonyl (C=O) groups is 1. The highest BCUT2D eigenvalue weighted by atomic mass is 32.2. The van der Waals surface area contributed by atoms with E-state index < -0.39 is 21.4 Å². The zero-order valence-corrected chi connectivity index (χ0v) is 23.4. The maximum Gasteiger partial charge on any atom is 0.249 e. The van der Waals surface area contributed by atoms with Crippen LogP contribution < -0.4 is 10.2 Å². The Balaban J connectivity index is 1.38. The molecule has 39 heavy (non-hydrogen) atoms. The predicted octanol–water partition coefficient (Wildman–Crippen LogP) is 4.78. The number of aromatic nitrogens is 1. The molecule has 1 fully saturated rings. The van der Waals surface area contributed by atoms with E-state index >= 15 is 0 Å². The number of nitrogens with one attached hydrogen (secondary N) is 1. The first-order valence-electron chi connectivity index (χ1n) is 12.6. The van der Waals surface area contributed by atoms with Gasteiger partial charge in [0.05, 0.1) is 10.9 Å². The molecule has 9 heteroatoms. The summed E-state index contributed by atoms with van der Waals surface area (Å²) in [5, 5.41) is 2.23. The maximum atomic E-state index is 13.6. The van der Waals surface area contributed by atoms with Crippen LogP contribution in [-0.2, 0) is 14.8 Å². The minimum Gasteiger partial charge on any atom is -0.363 e. The number of anilines is 1. The Bertz CT molecular complexity index is 1510.